The van der Waals surface area contributed by atoms with Gasteiger partial charge in [-0.3, -0.25) is 4.98 Å². The Labute approximate surface area is 114 Å². The van der Waals surface area contributed by atoms with Gasteiger partial charge in [-0.15, -0.1) is 0 Å². The molecule has 0 bridgehead atoms. The van der Waals surface area contributed by atoms with E-state index in [-0.39, 0.29) is 11.8 Å². The van der Waals surface area contributed by atoms with Gasteiger partial charge in [0, 0.05) is 12.5 Å². The minimum absolute atomic E-state index is 0.0445. The molecule has 102 valence electrons. The number of hydrogen-bond donors (Lipinski definition) is 1. The van der Waals surface area contributed by atoms with E-state index in [9.17, 15) is 8.42 Å². The smallest absolute Gasteiger partial charge is 0.147 e. The molecule has 6 heteroatoms. The first-order chi connectivity index (χ1) is 8.42. The quantitative estimate of drug-likeness (QED) is 0.836. The SMILES string of the molecule is CCCNC(CCS(C)(=O)=O)c1ccc(Cl)cn1. The largest absolute Gasteiger partial charge is 0.309 e. The predicted molar refractivity (Wildman–Crippen MR) is 74.6 cm³/mol. The number of nitrogens with one attached hydrogen (secondary N) is 1. The van der Waals surface area contributed by atoms with Crippen molar-refractivity contribution in [3.8, 4) is 0 Å². The molecule has 0 aliphatic carbocycles. The van der Waals surface area contributed by atoms with Crippen molar-refractivity contribution >= 4 is 21.4 Å². The van der Waals surface area contributed by atoms with Crippen molar-refractivity contribution < 1.29 is 8.42 Å². The Bertz CT molecular complexity index is 459. The van der Waals surface area contributed by atoms with E-state index in [2.05, 4.69) is 17.2 Å². The van der Waals surface area contributed by atoms with E-state index in [0.29, 0.717) is 11.4 Å². The van der Waals surface area contributed by atoms with E-state index in [0.717, 1.165) is 18.7 Å². The van der Waals surface area contributed by atoms with Crippen LogP contribution in [0.3, 0.4) is 0 Å². The second-order valence-electron chi connectivity index (χ2n) is 4.33. The van der Waals surface area contributed by atoms with Gasteiger partial charge in [0.25, 0.3) is 0 Å². The van der Waals surface area contributed by atoms with E-state index in [1.807, 2.05) is 6.07 Å². The normalized spacial score (nSPS) is 13.5. The van der Waals surface area contributed by atoms with Gasteiger partial charge >= 0.3 is 0 Å². The summed E-state index contributed by atoms with van der Waals surface area (Å²) >= 11 is 5.79. The number of sulfone groups is 1. The highest BCUT2D eigenvalue weighted by molar-refractivity contribution is 7.90. The van der Waals surface area contributed by atoms with E-state index in [1.165, 1.54) is 6.26 Å². The van der Waals surface area contributed by atoms with Gasteiger partial charge < -0.3 is 5.32 Å². The van der Waals surface area contributed by atoms with Crippen LogP contribution in [-0.2, 0) is 9.84 Å². The lowest BCUT2D eigenvalue weighted by Gasteiger charge is -2.17. The van der Waals surface area contributed by atoms with Crippen molar-refractivity contribution in [2.24, 2.45) is 0 Å². The number of halogens is 1. The van der Waals surface area contributed by atoms with Gasteiger partial charge in [-0.05, 0) is 31.5 Å². The molecule has 1 atom stereocenters. The Morgan fingerprint density at radius 1 is 1.44 bits per heavy atom. The first-order valence-electron chi connectivity index (χ1n) is 5.95. The summed E-state index contributed by atoms with van der Waals surface area (Å²) < 4.78 is 22.5. The van der Waals surface area contributed by atoms with Crippen LogP contribution in [0, 0.1) is 0 Å². The molecule has 4 nitrogen and oxygen atoms in total. The van der Waals surface area contributed by atoms with Crippen molar-refractivity contribution in [3.63, 3.8) is 0 Å². The molecule has 0 aliphatic rings. The monoisotopic (exact) mass is 290 g/mol. The highest BCUT2D eigenvalue weighted by Crippen LogP contribution is 2.17. The molecule has 0 aliphatic heterocycles. The summed E-state index contributed by atoms with van der Waals surface area (Å²) in [7, 11) is -2.95. The van der Waals surface area contributed by atoms with Gasteiger partial charge in [0.15, 0.2) is 0 Å². The van der Waals surface area contributed by atoms with Crippen molar-refractivity contribution in [2.75, 3.05) is 18.6 Å². The first kappa shape index (κ1) is 15.4. The van der Waals surface area contributed by atoms with Crippen molar-refractivity contribution in [1.82, 2.24) is 10.3 Å². The third kappa shape index (κ3) is 5.80. The fourth-order valence-corrected chi connectivity index (χ4v) is 2.37. The summed E-state index contributed by atoms with van der Waals surface area (Å²) in [5.74, 6) is 0.151. The molecule has 1 unspecified atom stereocenters. The minimum atomic E-state index is -2.95. The predicted octanol–water partition coefficient (Wildman–Crippen LogP) is 2.21. The van der Waals surface area contributed by atoms with Gasteiger partial charge in [-0.2, -0.15) is 0 Å². The lowest BCUT2D eigenvalue weighted by molar-refractivity contribution is 0.503. The highest BCUT2D eigenvalue weighted by Gasteiger charge is 2.14. The number of pyridine rings is 1. The molecule has 1 aromatic heterocycles. The molecule has 0 radical (unpaired) electrons. The summed E-state index contributed by atoms with van der Waals surface area (Å²) in [6.45, 7) is 2.90. The van der Waals surface area contributed by atoms with Crippen LogP contribution < -0.4 is 5.32 Å². The van der Waals surface area contributed by atoms with E-state index < -0.39 is 9.84 Å². The molecular weight excluding hydrogens is 272 g/mol. The number of hydrogen-bond acceptors (Lipinski definition) is 4. The van der Waals surface area contributed by atoms with Crippen molar-refractivity contribution in [1.29, 1.82) is 0 Å². The van der Waals surface area contributed by atoms with Crippen LogP contribution in [0.25, 0.3) is 0 Å². The Morgan fingerprint density at radius 2 is 2.17 bits per heavy atom. The van der Waals surface area contributed by atoms with Crippen LogP contribution in [0.1, 0.15) is 31.5 Å². The molecule has 0 aromatic carbocycles. The molecule has 1 rings (SSSR count). The van der Waals surface area contributed by atoms with Crippen molar-refractivity contribution in [2.45, 2.75) is 25.8 Å². The summed E-state index contributed by atoms with van der Waals surface area (Å²) in [5.41, 5.74) is 0.830. The Hall–Kier alpha value is -0.650. The average Bonchev–Trinajstić information content (AvgIpc) is 2.29. The molecule has 0 saturated heterocycles. The zero-order valence-corrected chi connectivity index (χ0v) is 12.3. The topological polar surface area (TPSA) is 59.1 Å². The first-order valence-corrected chi connectivity index (χ1v) is 8.39. The number of aromatic nitrogens is 1. The Morgan fingerprint density at radius 3 is 2.67 bits per heavy atom. The molecule has 1 aromatic rings. The third-order valence-corrected chi connectivity index (χ3v) is 3.73. The van der Waals surface area contributed by atoms with Crippen LogP contribution in [0.5, 0.6) is 0 Å². The van der Waals surface area contributed by atoms with E-state index in [1.54, 1.807) is 12.3 Å². The van der Waals surface area contributed by atoms with Crippen LogP contribution >= 0.6 is 11.6 Å². The molecule has 0 spiro atoms. The van der Waals surface area contributed by atoms with Gasteiger partial charge in [0.1, 0.15) is 9.84 Å². The summed E-state index contributed by atoms with van der Waals surface area (Å²) in [4.78, 5) is 4.24. The number of rotatable bonds is 7. The maximum Gasteiger partial charge on any atom is 0.147 e. The molecule has 0 saturated carbocycles. The molecule has 0 fully saturated rings. The Kier molecular flexibility index (Phi) is 6.05. The molecule has 1 heterocycles. The van der Waals surface area contributed by atoms with Crippen LogP contribution in [0.15, 0.2) is 18.3 Å². The minimum Gasteiger partial charge on any atom is -0.309 e. The standard InChI is InChI=1S/C12H19ClN2O2S/c1-3-7-14-12(6-8-18(2,16)17)11-5-4-10(13)9-15-11/h4-5,9,12,14H,3,6-8H2,1-2H3. The Balaban J connectivity index is 2.74. The molecular formula is C12H19ClN2O2S. The van der Waals surface area contributed by atoms with Gasteiger partial charge in [0.2, 0.25) is 0 Å². The second kappa shape index (κ2) is 7.07. The maximum atomic E-state index is 11.2. The van der Waals surface area contributed by atoms with E-state index >= 15 is 0 Å². The van der Waals surface area contributed by atoms with Crippen molar-refractivity contribution in [3.05, 3.63) is 29.0 Å². The molecule has 1 N–H and O–H groups in total. The maximum absolute atomic E-state index is 11.2. The van der Waals surface area contributed by atoms with Crippen LogP contribution in [0.2, 0.25) is 5.02 Å². The van der Waals surface area contributed by atoms with E-state index in [4.69, 9.17) is 11.6 Å². The van der Waals surface area contributed by atoms with Gasteiger partial charge in [-0.1, -0.05) is 18.5 Å². The number of nitrogens with zero attached hydrogens (tertiary/aromatic N) is 1. The average molecular weight is 291 g/mol. The fraction of sp³-hybridized carbons (Fsp3) is 0.583. The molecule has 0 amide bonds. The zero-order valence-electron chi connectivity index (χ0n) is 10.7. The lowest BCUT2D eigenvalue weighted by atomic mass is 10.1. The van der Waals surface area contributed by atoms with Gasteiger partial charge in [0.05, 0.1) is 22.5 Å². The molecule has 18 heavy (non-hydrogen) atoms. The van der Waals surface area contributed by atoms with Crippen LogP contribution in [0.4, 0.5) is 0 Å². The zero-order chi connectivity index (χ0) is 13.6. The fourth-order valence-electron chi connectivity index (χ4n) is 1.60. The highest BCUT2D eigenvalue weighted by atomic mass is 35.5. The second-order valence-corrected chi connectivity index (χ2v) is 7.02. The summed E-state index contributed by atoms with van der Waals surface area (Å²) in [5, 5.41) is 3.89. The summed E-state index contributed by atoms with van der Waals surface area (Å²) in [6, 6.07) is 3.56. The van der Waals surface area contributed by atoms with Gasteiger partial charge in [-0.25, -0.2) is 8.42 Å². The summed E-state index contributed by atoms with van der Waals surface area (Å²) in [6.07, 6.45) is 4.34. The van der Waals surface area contributed by atoms with Crippen LogP contribution in [-0.4, -0.2) is 32.0 Å². The third-order valence-electron chi connectivity index (χ3n) is 2.53. The lowest BCUT2D eigenvalue weighted by Crippen LogP contribution is -2.25.